The van der Waals surface area contributed by atoms with Crippen LogP contribution in [0.25, 0.3) is 10.9 Å². The van der Waals surface area contributed by atoms with Crippen LogP contribution in [0.1, 0.15) is 29.8 Å². The molecule has 0 bridgehead atoms. The second-order valence-electron chi connectivity index (χ2n) is 9.35. The average molecular weight is 464 g/mol. The molecule has 3 heterocycles. The van der Waals surface area contributed by atoms with Crippen LogP contribution in [0.4, 0.5) is 0 Å². The van der Waals surface area contributed by atoms with E-state index in [9.17, 15) is 4.79 Å². The number of nitrogens with one attached hydrogen (secondary N) is 1. The van der Waals surface area contributed by atoms with E-state index in [4.69, 9.17) is 14.6 Å². The van der Waals surface area contributed by atoms with E-state index in [2.05, 4.69) is 53.0 Å². The van der Waals surface area contributed by atoms with E-state index in [1.807, 2.05) is 24.3 Å². The number of rotatable bonds is 4. The fraction of sp³-hybridized carbons (Fsp3) is 0.407. The Labute approximate surface area is 200 Å². The lowest BCUT2D eigenvalue weighted by Crippen LogP contribution is -2.34. The third kappa shape index (κ3) is 4.80. The summed E-state index contributed by atoms with van der Waals surface area (Å²) in [5, 5.41) is 8.58. The first-order valence-electron chi connectivity index (χ1n) is 11.7. The zero-order valence-corrected chi connectivity index (χ0v) is 20.2. The molecule has 34 heavy (non-hydrogen) atoms. The number of aryl methyl sites for hydroxylation is 1. The van der Waals surface area contributed by atoms with E-state index in [1.54, 1.807) is 7.11 Å². The molecule has 7 heteroatoms. The molecule has 2 saturated heterocycles. The van der Waals surface area contributed by atoms with Gasteiger partial charge in [-0.2, -0.15) is 0 Å². The summed E-state index contributed by atoms with van der Waals surface area (Å²) in [6.07, 6.45) is 0.471. The topological polar surface area (TPSA) is 85.9 Å². The number of aromatic nitrogens is 1. The Bertz CT molecular complexity index is 1170. The van der Waals surface area contributed by atoms with Crippen molar-refractivity contribution in [3.63, 3.8) is 0 Å². The van der Waals surface area contributed by atoms with Crippen LogP contribution in [0.3, 0.4) is 0 Å². The van der Waals surface area contributed by atoms with Crippen molar-refractivity contribution >= 4 is 22.8 Å². The predicted molar refractivity (Wildman–Crippen MR) is 132 cm³/mol. The lowest BCUT2D eigenvalue weighted by molar-refractivity contribution is -0.134. The molecule has 0 aliphatic carbocycles. The van der Waals surface area contributed by atoms with E-state index in [0.717, 1.165) is 49.1 Å². The maximum absolute atomic E-state index is 13.2. The minimum absolute atomic E-state index is 0.244. The van der Waals surface area contributed by atoms with Gasteiger partial charge in [-0.25, -0.2) is 0 Å². The minimum atomic E-state index is -0.833. The fourth-order valence-electron chi connectivity index (χ4n) is 5.59. The summed E-state index contributed by atoms with van der Waals surface area (Å²) in [7, 11) is 3.90. The van der Waals surface area contributed by atoms with Crippen LogP contribution in [0.2, 0.25) is 0 Å². The number of aromatic amines is 1. The van der Waals surface area contributed by atoms with Gasteiger partial charge in [-0.05, 0) is 49.2 Å². The van der Waals surface area contributed by atoms with Gasteiger partial charge in [-0.3, -0.25) is 14.5 Å². The van der Waals surface area contributed by atoms with Gasteiger partial charge < -0.3 is 19.7 Å². The van der Waals surface area contributed by atoms with Crippen molar-refractivity contribution in [2.24, 2.45) is 11.8 Å². The minimum Gasteiger partial charge on any atom is -0.497 e. The quantitative estimate of drug-likeness (QED) is 0.613. The summed E-state index contributed by atoms with van der Waals surface area (Å²) in [6.45, 7) is 5.89. The van der Waals surface area contributed by atoms with Crippen molar-refractivity contribution in [3.8, 4) is 5.75 Å². The van der Waals surface area contributed by atoms with Crippen LogP contribution >= 0.6 is 0 Å². The Balaban J connectivity index is 0.000000636. The van der Waals surface area contributed by atoms with Crippen LogP contribution in [-0.2, 0) is 16.0 Å². The van der Waals surface area contributed by atoms with E-state index < -0.39 is 5.97 Å². The third-order valence-corrected chi connectivity index (χ3v) is 7.06. The number of carboxylic acids is 1. The van der Waals surface area contributed by atoms with Crippen LogP contribution < -0.4 is 4.74 Å². The Kier molecular flexibility index (Phi) is 6.93. The Morgan fingerprint density at radius 2 is 1.76 bits per heavy atom. The second-order valence-corrected chi connectivity index (χ2v) is 9.35. The van der Waals surface area contributed by atoms with Gasteiger partial charge in [0, 0.05) is 55.1 Å². The molecule has 0 saturated carbocycles. The molecule has 2 aliphatic heterocycles. The maximum atomic E-state index is 13.2. The number of para-hydroxylation sites is 1. The molecule has 2 aromatic carbocycles. The normalized spacial score (nSPS) is 21.8. The number of methoxy groups -OCH3 is 1. The summed E-state index contributed by atoms with van der Waals surface area (Å²) < 4.78 is 5.31. The number of carboxylic acid groups (broad SMARTS) is 1. The number of benzene rings is 2. The Morgan fingerprint density at radius 1 is 1.09 bits per heavy atom. The summed E-state index contributed by atoms with van der Waals surface area (Å²) in [4.78, 5) is 30.2. The molecule has 0 unspecified atom stereocenters. The molecule has 2 N–H and O–H groups in total. The molecule has 180 valence electrons. The zero-order valence-electron chi connectivity index (χ0n) is 20.2. The van der Waals surface area contributed by atoms with Gasteiger partial charge in [-0.15, -0.1) is 0 Å². The van der Waals surface area contributed by atoms with Crippen LogP contribution in [0, 0.1) is 18.8 Å². The molecule has 2 aliphatic rings. The number of carbonyl (C=O) groups is 2. The lowest BCUT2D eigenvalue weighted by Gasteiger charge is -2.27. The van der Waals surface area contributed by atoms with Crippen molar-refractivity contribution in [1.29, 1.82) is 0 Å². The van der Waals surface area contributed by atoms with Gasteiger partial charge in [0.1, 0.15) is 5.75 Å². The molecule has 0 spiro atoms. The highest BCUT2D eigenvalue weighted by Crippen LogP contribution is 2.44. The van der Waals surface area contributed by atoms with E-state index in [0.29, 0.717) is 24.3 Å². The number of likely N-dealkylation sites (tertiary alicyclic amines) is 2. The number of nitrogens with zero attached hydrogens (tertiary/aromatic N) is 2. The fourth-order valence-corrected chi connectivity index (χ4v) is 5.59. The molecule has 5 rings (SSSR count). The van der Waals surface area contributed by atoms with Crippen LogP contribution in [-0.4, -0.2) is 65.6 Å². The molecule has 0 radical (unpaired) electrons. The van der Waals surface area contributed by atoms with Gasteiger partial charge in [0.2, 0.25) is 5.91 Å². The van der Waals surface area contributed by atoms with Crippen molar-refractivity contribution in [2.45, 2.75) is 26.3 Å². The van der Waals surface area contributed by atoms with Crippen LogP contribution in [0.15, 0.2) is 48.5 Å². The predicted octanol–water partition coefficient (Wildman–Crippen LogP) is 3.88. The number of ether oxygens (including phenoxy) is 1. The standard InChI is InChI=1S/C25H29N3O2.C2H4O2/c1-16-21(20-6-4-5-7-23(20)26-16)12-24(29)28-14-18-13-27(2)25(22(18)15-28)17-8-10-19(30-3)11-9-17;1-2(3)4/h4-11,18,22,25-26H,12-15H2,1-3H3;1H3,(H,3,4)/t18-,22+,25-;/m0./s1. The third-order valence-electron chi connectivity index (χ3n) is 7.06. The Hall–Kier alpha value is -3.32. The van der Waals surface area contributed by atoms with Gasteiger partial charge >= 0.3 is 0 Å². The van der Waals surface area contributed by atoms with Gasteiger partial charge in [0.15, 0.2) is 0 Å². The maximum Gasteiger partial charge on any atom is 0.300 e. The highest BCUT2D eigenvalue weighted by Gasteiger charge is 2.47. The monoisotopic (exact) mass is 463 g/mol. The van der Waals surface area contributed by atoms with Gasteiger partial charge in [-0.1, -0.05) is 30.3 Å². The molecule has 2 fully saturated rings. The first-order valence-corrected chi connectivity index (χ1v) is 11.7. The number of aliphatic carboxylic acids is 1. The summed E-state index contributed by atoms with van der Waals surface area (Å²) in [6, 6.07) is 17.0. The van der Waals surface area contributed by atoms with Crippen molar-refractivity contribution in [3.05, 3.63) is 65.4 Å². The van der Waals surface area contributed by atoms with Gasteiger partial charge in [0.05, 0.1) is 13.5 Å². The second kappa shape index (κ2) is 9.89. The highest BCUT2D eigenvalue weighted by atomic mass is 16.5. The molecule has 7 nitrogen and oxygen atoms in total. The summed E-state index contributed by atoms with van der Waals surface area (Å²) in [5.74, 6) is 1.31. The molecule has 3 atom stereocenters. The van der Waals surface area contributed by atoms with Crippen molar-refractivity contribution in [2.75, 3.05) is 33.8 Å². The number of amides is 1. The van der Waals surface area contributed by atoms with E-state index in [-0.39, 0.29) is 5.91 Å². The largest absolute Gasteiger partial charge is 0.497 e. The number of hydrogen-bond donors (Lipinski definition) is 2. The lowest BCUT2D eigenvalue weighted by atomic mass is 9.89. The number of H-pyrrole nitrogens is 1. The number of fused-ring (bicyclic) bond motifs is 2. The summed E-state index contributed by atoms with van der Waals surface area (Å²) in [5.41, 5.74) is 4.65. The van der Waals surface area contributed by atoms with Crippen molar-refractivity contribution in [1.82, 2.24) is 14.8 Å². The summed E-state index contributed by atoms with van der Waals surface area (Å²) >= 11 is 0. The SMILES string of the molecule is CC(=O)O.COc1ccc([C@H]2[C@@H]3CN(C(=O)Cc4c(C)[nH]c5ccccc45)C[C@@H]3CN2C)cc1. The molecular weight excluding hydrogens is 430 g/mol. The molecule has 1 aromatic heterocycles. The molecular formula is C27H33N3O4. The zero-order chi connectivity index (χ0) is 24.4. The van der Waals surface area contributed by atoms with Crippen molar-refractivity contribution < 1.29 is 19.4 Å². The van der Waals surface area contributed by atoms with Crippen LogP contribution in [0.5, 0.6) is 5.75 Å². The van der Waals surface area contributed by atoms with Gasteiger partial charge in [0.25, 0.3) is 5.97 Å². The van der Waals surface area contributed by atoms with E-state index in [1.165, 1.54) is 10.9 Å². The highest BCUT2D eigenvalue weighted by molar-refractivity contribution is 5.90. The molecule has 1 amide bonds. The smallest absolute Gasteiger partial charge is 0.300 e. The number of carbonyl (C=O) groups excluding carboxylic acids is 1. The van der Waals surface area contributed by atoms with E-state index >= 15 is 0 Å². The average Bonchev–Trinajstić information content (AvgIpc) is 3.44. The number of hydrogen-bond acceptors (Lipinski definition) is 4. The Morgan fingerprint density at radius 3 is 2.44 bits per heavy atom. The first kappa shape index (κ1) is 23.8. The first-order chi connectivity index (χ1) is 16.3. The molecule has 3 aromatic rings.